The molecular formula is C13H24N2S. The molecule has 0 saturated carbocycles. The van der Waals surface area contributed by atoms with Crippen molar-refractivity contribution in [1.29, 1.82) is 0 Å². The number of hydrogen-bond donors (Lipinski definition) is 1. The fourth-order valence-corrected chi connectivity index (χ4v) is 2.38. The van der Waals surface area contributed by atoms with E-state index in [0.717, 1.165) is 25.4 Å². The van der Waals surface area contributed by atoms with Gasteiger partial charge in [0.05, 0.1) is 10.7 Å². The molecule has 0 radical (unpaired) electrons. The molecule has 92 valence electrons. The predicted molar refractivity (Wildman–Crippen MR) is 72.2 cm³/mol. The number of aromatic nitrogens is 1. The molecule has 0 aliphatic heterocycles. The highest BCUT2D eigenvalue weighted by molar-refractivity contribution is 7.09. The summed E-state index contributed by atoms with van der Waals surface area (Å²) in [6.07, 6.45) is 1.05. The Balaban J connectivity index is 2.36. The van der Waals surface area contributed by atoms with Crippen molar-refractivity contribution < 1.29 is 0 Å². The number of thiazole rings is 1. The Morgan fingerprint density at radius 2 is 2.06 bits per heavy atom. The molecule has 0 aromatic carbocycles. The minimum absolute atomic E-state index is 0.181. The maximum atomic E-state index is 4.68. The second kappa shape index (κ2) is 5.78. The summed E-state index contributed by atoms with van der Waals surface area (Å²) in [6.45, 7) is 13.2. The van der Waals surface area contributed by atoms with Crippen molar-refractivity contribution in [2.24, 2.45) is 5.92 Å². The molecule has 0 saturated heterocycles. The average Bonchev–Trinajstić information content (AvgIpc) is 2.59. The van der Waals surface area contributed by atoms with Gasteiger partial charge < -0.3 is 5.32 Å². The second-order valence-electron chi connectivity index (χ2n) is 5.72. The molecule has 1 aromatic rings. The summed E-state index contributed by atoms with van der Waals surface area (Å²) in [5.74, 6) is 0.724. The summed E-state index contributed by atoms with van der Waals surface area (Å²) in [4.78, 5) is 4.68. The third kappa shape index (κ3) is 4.62. The quantitative estimate of drug-likeness (QED) is 0.799. The van der Waals surface area contributed by atoms with Gasteiger partial charge in [0.25, 0.3) is 0 Å². The van der Waals surface area contributed by atoms with Crippen molar-refractivity contribution in [1.82, 2.24) is 10.3 Å². The van der Waals surface area contributed by atoms with Crippen LogP contribution < -0.4 is 5.32 Å². The third-order valence-corrected chi connectivity index (χ3v) is 3.30. The third-order valence-electron chi connectivity index (χ3n) is 2.39. The van der Waals surface area contributed by atoms with Crippen LogP contribution >= 0.6 is 11.3 Å². The molecule has 0 bridgehead atoms. The Morgan fingerprint density at radius 3 is 2.56 bits per heavy atom. The van der Waals surface area contributed by atoms with Gasteiger partial charge >= 0.3 is 0 Å². The minimum atomic E-state index is 0.181. The van der Waals surface area contributed by atoms with Gasteiger partial charge in [0.15, 0.2) is 0 Å². The van der Waals surface area contributed by atoms with E-state index in [1.807, 2.05) is 0 Å². The van der Waals surface area contributed by atoms with E-state index in [9.17, 15) is 0 Å². The van der Waals surface area contributed by atoms with E-state index in [4.69, 9.17) is 0 Å². The lowest BCUT2D eigenvalue weighted by molar-refractivity contribution is 0.550. The minimum Gasteiger partial charge on any atom is -0.316 e. The summed E-state index contributed by atoms with van der Waals surface area (Å²) in [6, 6.07) is 0. The zero-order valence-electron chi connectivity index (χ0n) is 11.1. The van der Waals surface area contributed by atoms with Crippen LogP contribution in [0.25, 0.3) is 0 Å². The normalized spacial score (nSPS) is 12.4. The fraction of sp³-hybridized carbons (Fsp3) is 0.769. The highest BCUT2D eigenvalue weighted by Gasteiger charge is 2.16. The Morgan fingerprint density at radius 1 is 1.38 bits per heavy atom. The van der Waals surface area contributed by atoms with Crippen LogP contribution in [0.2, 0.25) is 0 Å². The van der Waals surface area contributed by atoms with E-state index in [1.54, 1.807) is 11.3 Å². The van der Waals surface area contributed by atoms with Crippen molar-refractivity contribution in [3.63, 3.8) is 0 Å². The Kier molecular flexibility index (Phi) is 4.93. The summed E-state index contributed by atoms with van der Waals surface area (Å²) in [5, 5.41) is 6.89. The van der Waals surface area contributed by atoms with Gasteiger partial charge in [0.2, 0.25) is 0 Å². The van der Waals surface area contributed by atoms with Gasteiger partial charge in [0, 0.05) is 23.8 Å². The molecule has 0 unspecified atom stereocenters. The van der Waals surface area contributed by atoms with Crippen LogP contribution in [0, 0.1) is 5.92 Å². The van der Waals surface area contributed by atoms with E-state index >= 15 is 0 Å². The smallest absolute Gasteiger partial charge is 0.0941 e. The van der Waals surface area contributed by atoms with Gasteiger partial charge in [-0.2, -0.15) is 0 Å². The van der Waals surface area contributed by atoms with E-state index in [1.165, 1.54) is 10.7 Å². The lowest BCUT2D eigenvalue weighted by atomic mass is 9.93. The molecule has 16 heavy (non-hydrogen) atoms. The van der Waals surface area contributed by atoms with Crippen LogP contribution in [-0.2, 0) is 11.8 Å². The topological polar surface area (TPSA) is 24.9 Å². The standard InChI is InChI=1S/C13H24N2S/c1-10(2)8-14-7-6-12-15-11(9-16-12)13(3,4)5/h9-10,14H,6-8H2,1-5H3. The van der Waals surface area contributed by atoms with Crippen molar-refractivity contribution in [3.8, 4) is 0 Å². The Labute approximate surface area is 103 Å². The summed E-state index contributed by atoms with van der Waals surface area (Å²) in [5.41, 5.74) is 1.40. The Bertz CT molecular complexity index is 310. The van der Waals surface area contributed by atoms with Crippen LogP contribution in [-0.4, -0.2) is 18.1 Å². The molecule has 1 heterocycles. The Hall–Kier alpha value is -0.410. The van der Waals surface area contributed by atoms with Crippen molar-refractivity contribution in [2.45, 2.75) is 46.5 Å². The van der Waals surface area contributed by atoms with E-state index in [2.05, 4.69) is 50.3 Å². The summed E-state index contributed by atoms with van der Waals surface area (Å²) < 4.78 is 0. The zero-order valence-corrected chi connectivity index (χ0v) is 11.9. The molecule has 1 rings (SSSR count). The van der Waals surface area contributed by atoms with Crippen LogP contribution in [0.1, 0.15) is 45.3 Å². The first kappa shape index (κ1) is 13.7. The lowest BCUT2D eigenvalue weighted by Crippen LogP contribution is -2.22. The maximum absolute atomic E-state index is 4.68. The van der Waals surface area contributed by atoms with Gasteiger partial charge in [-0.1, -0.05) is 34.6 Å². The molecule has 3 heteroatoms. The average molecular weight is 240 g/mol. The molecule has 0 fully saturated rings. The van der Waals surface area contributed by atoms with E-state index in [0.29, 0.717) is 0 Å². The molecule has 0 spiro atoms. The molecule has 2 nitrogen and oxygen atoms in total. The van der Waals surface area contributed by atoms with Crippen molar-refractivity contribution >= 4 is 11.3 Å². The van der Waals surface area contributed by atoms with Gasteiger partial charge in [-0.3, -0.25) is 0 Å². The largest absolute Gasteiger partial charge is 0.316 e. The van der Waals surface area contributed by atoms with Crippen LogP contribution in [0.5, 0.6) is 0 Å². The van der Waals surface area contributed by atoms with Gasteiger partial charge in [-0.05, 0) is 12.5 Å². The fourth-order valence-electron chi connectivity index (χ4n) is 1.36. The maximum Gasteiger partial charge on any atom is 0.0941 e. The van der Waals surface area contributed by atoms with Gasteiger partial charge in [-0.15, -0.1) is 11.3 Å². The molecule has 1 aromatic heterocycles. The SMILES string of the molecule is CC(C)CNCCc1nc(C(C)(C)C)cs1. The lowest BCUT2D eigenvalue weighted by Gasteiger charge is -2.14. The monoisotopic (exact) mass is 240 g/mol. The van der Waals surface area contributed by atoms with Crippen LogP contribution in [0.15, 0.2) is 5.38 Å². The van der Waals surface area contributed by atoms with Gasteiger partial charge in [-0.25, -0.2) is 4.98 Å². The van der Waals surface area contributed by atoms with E-state index < -0.39 is 0 Å². The summed E-state index contributed by atoms with van der Waals surface area (Å²) >= 11 is 1.78. The van der Waals surface area contributed by atoms with Crippen molar-refractivity contribution in [3.05, 3.63) is 16.1 Å². The first-order valence-electron chi connectivity index (χ1n) is 6.05. The highest BCUT2D eigenvalue weighted by atomic mass is 32.1. The van der Waals surface area contributed by atoms with Crippen molar-refractivity contribution in [2.75, 3.05) is 13.1 Å². The number of nitrogens with one attached hydrogen (secondary N) is 1. The molecule has 0 aliphatic rings. The first-order valence-corrected chi connectivity index (χ1v) is 6.93. The summed E-state index contributed by atoms with van der Waals surface area (Å²) in [7, 11) is 0. The molecular weight excluding hydrogens is 216 g/mol. The first-order chi connectivity index (χ1) is 7.39. The van der Waals surface area contributed by atoms with E-state index in [-0.39, 0.29) is 5.41 Å². The molecule has 0 atom stereocenters. The van der Waals surface area contributed by atoms with Crippen LogP contribution in [0.4, 0.5) is 0 Å². The number of nitrogens with zero attached hydrogens (tertiary/aromatic N) is 1. The molecule has 0 amide bonds. The van der Waals surface area contributed by atoms with Crippen LogP contribution in [0.3, 0.4) is 0 Å². The number of hydrogen-bond acceptors (Lipinski definition) is 3. The molecule has 0 aliphatic carbocycles. The zero-order chi connectivity index (χ0) is 12.2. The molecule has 1 N–H and O–H groups in total. The highest BCUT2D eigenvalue weighted by Crippen LogP contribution is 2.23. The van der Waals surface area contributed by atoms with Gasteiger partial charge in [0.1, 0.15) is 0 Å². The number of rotatable bonds is 5. The predicted octanol–water partition coefficient (Wildman–Crippen LogP) is 3.23. The second-order valence-corrected chi connectivity index (χ2v) is 6.67.